The fourth-order valence-electron chi connectivity index (χ4n) is 5.32. The predicted molar refractivity (Wildman–Crippen MR) is 140 cm³/mol. The summed E-state index contributed by atoms with van der Waals surface area (Å²) in [7, 11) is 0. The summed E-state index contributed by atoms with van der Waals surface area (Å²) in [4.78, 5) is 22.1. The Balaban J connectivity index is 1.35. The zero-order chi connectivity index (χ0) is 29.4. The van der Waals surface area contributed by atoms with Crippen molar-refractivity contribution in [2.45, 2.75) is 47.8 Å². The maximum absolute atomic E-state index is 15.0. The number of benzene rings is 1. The van der Waals surface area contributed by atoms with Gasteiger partial charge in [0.05, 0.1) is 16.4 Å². The van der Waals surface area contributed by atoms with E-state index in [0.29, 0.717) is 20.9 Å². The Kier molecular flexibility index (Phi) is 6.88. The average molecular weight is 680 g/mol. The molecule has 1 aromatic carbocycles. The van der Waals surface area contributed by atoms with Gasteiger partial charge in [0.2, 0.25) is 5.91 Å². The van der Waals surface area contributed by atoms with Crippen molar-refractivity contribution >= 4 is 55.3 Å². The molecule has 4 aromatic rings. The van der Waals surface area contributed by atoms with Crippen LogP contribution in [0.2, 0.25) is 0 Å². The third kappa shape index (κ3) is 5.11. The van der Waals surface area contributed by atoms with Crippen LogP contribution in [0.3, 0.4) is 0 Å². The summed E-state index contributed by atoms with van der Waals surface area (Å²) in [6, 6.07) is 3.45. The molecule has 41 heavy (non-hydrogen) atoms. The minimum atomic E-state index is -4.98. The number of rotatable bonds is 7. The number of amides is 1. The first-order valence-corrected chi connectivity index (χ1v) is 14.9. The Morgan fingerprint density at radius 2 is 1.93 bits per heavy atom. The maximum Gasteiger partial charge on any atom is 0.435 e. The van der Waals surface area contributed by atoms with Crippen molar-refractivity contribution in [3.8, 4) is 0 Å². The summed E-state index contributed by atoms with van der Waals surface area (Å²) in [6.45, 7) is -0.936. The van der Waals surface area contributed by atoms with Gasteiger partial charge in [-0.3, -0.25) is 9.48 Å². The molecule has 0 saturated heterocycles. The molecule has 0 bridgehead atoms. The molecule has 6 rings (SSSR count). The van der Waals surface area contributed by atoms with E-state index >= 15 is 0 Å². The number of thioether (sulfide) groups is 1. The number of pyridine rings is 1. The lowest BCUT2D eigenvalue weighted by molar-refractivity contribution is -0.142. The smallest absolute Gasteiger partial charge is 0.346 e. The van der Waals surface area contributed by atoms with Crippen molar-refractivity contribution in [2.75, 3.05) is 6.26 Å². The van der Waals surface area contributed by atoms with Gasteiger partial charge in [-0.25, -0.2) is 18.7 Å². The molecule has 216 valence electrons. The molecule has 1 N–H and O–H groups in total. The van der Waals surface area contributed by atoms with Crippen molar-refractivity contribution in [3.63, 3.8) is 0 Å². The van der Waals surface area contributed by atoms with Gasteiger partial charge in [0.25, 0.3) is 5.92 Å². The van der Waals surface area contributed by atoms with Crippen LogP contribution >= 0.6 is 39.0 Å². The van der Waals surface area contributed by atoms with Crippen LogP contribution < -0.4 is 5.32 Å². The lowest BCUT2D eigenvalue weighted by atomic mass is 10.0. The summed E-state index contributed by atoms with van der Waals surface area (Å²) in [5.74, 6) is -8.43. The topological polar surface area (TPSA) is 72.7 Å². The Morgan fingerprint density at radius 3 is 2.59 bits per heavy atom. The van der Waals surface area contributed by atoms with E-state index in [2.05, 4.69) is 36.3 Å². The number of alkyl halides is 5. The summed E-state index contributed by atoms with van der Waals surface area (Å²) in [5, 5.41) is 5.98. The highest BCUT2D eigenvalue weighted by atomic mass is 79.9. The van der Waals surface area contributed by atoms with Gasteiger partial charge in [0, 0.05) is 22.0 Å². The molecule has 16 heteroatoms. The van der Waals surface area contributed by atoms with Crippen LogP contribution in [0.25, 0.3) is 10.3 Å². The lowest BCUT2D eigenvalue weighted by Gasteiger charge is -2.21. The number of carbonyl (C=O) groups excluding carboxylic acids is 1. The number of hydrogen-bond donors (Lipinski definition) is 1. The van der Waals surface area contributed by atoms with E-state index in [1.54, 1.807) is 6.07 Å². The first-order valence-electron chi connectivity index (χ1n) is 12.1. The van der Waals surface area contributed by atoms with Crippen molar-refractivity contribution in [1.29, 1.82) is 0 Å². The number of thiazole rings is 1. The quantitative estimate of drug-likeness (QED) is 0.169. The molecule has 1 saturated carbocycles. The average Bonchev–Trinajstić information content (AvgIpc) is 3.33. The van der Waals surface area contributed by atoms with E-state index < -0.39 is 71.0 Å². The van der Waals surface area contributed by atoms with Crippen LogP contribution in [0.1, 0.15) is 46.6 Å². The van der Waals surface area contributed by atoms with Gasteiger partial charge < -0.3 is 5.32 Å². The zero-order valence-electron chi connectivity index (χ0n) is 20.7. The maximum atomic E-state index is 15.0. The molecular weight excluding hydrogens is 663 g/mol. The largest absolute Gasteiger partial charge is 0.435 e. The molecule has 1 amide bonds. The number of aromatic nitrogens is 4. The second-order valence-corrected chi connectivity index (χ2v) is 12.7. The van der Waals surface area contributed by atoms with Crippen molar-refractivity contribution < 1.29 is 35.5 Å². The lowest BCUT2D eigenvalue weighted by Crippen LogP contribution is -2.35. The third-order valence-electron chi connectivity index (χ3n) is 7.04. The summed E-state index contributed by atoms with van der Waals surface area (Å²) in [6.07, 6.45) is -3.40. The summed E-state index contributed by atoms with van der Waals surface area (Å²) in [5.41, 5.74) is -2.16. The second kappa shape index (κ2) is 9.93. The van der Waals surface area contributed by atoms with Gasteiger partial charge in [-0.15, -0.1) is 11.3 Å². The van der Waals surface area contributed by atoms with Crippen molar-refractivity contribution in [1.82, 2.24) is 25.1 Å². The molecule has 2 unspecified atom stereocenters. The first-order chi connectivity index (χ1) is 19.3. The van der Waals surface area contributed by atoms with E-state index in [0.717, 1.165) is 21.2 Å². The van der Waals surface area contributed by atoms with Gasteiger partial charge in [0.1, 0.15) is 23.9 Å². The number of nitrogens with one attached hydrogen (secondary N) is 1. The highest BCUT2D eigenvalue weighted by Crippen LogP contribution is 2.68. The van der Waals surface area contributed by atoms with Crippen molar-refractivity contribution in [3.05, 3.63) is 68.6 Å². The molecule has 2 aliphatic rings. The van der Waals surface area contributed by atoms with Crippen LogP contribution in [0.5, 0.6) is 0 Å². The van der Waals surface area contributed by atoms with E-state index in [-0.39, 0.29) is 24.1 Å². The Morgan fingerprint density at radius 1 is 1.22 bits per heavy atom. The van der Waals surface area contributed by atoms with Crippen molar-refractivity contribution in [2.24, 2.45) is 5.92 Å². The number of hydrogen-bond acceptors (Lipinski definition) is 6. The molecule has 3 aromatic heterocycles. The van der Waals surface area contributed by atoms with E-state index in [1.165, 1.54) is 23.1 Å². The van der Waals surface area contributed by atoms with Gasteiger partial charge in [-0.1, -0.05) is 11.8 Å². The Labute approximate surface area is 243 Å². The summed E-state index contributed by atoms with van der Waals surface area (Å²) < 4.78 is 101. The Bertz CT molecular complexity index is 1690. The monoisotopic (exact) mass is 679 g/mol. The van der Waals surface area contributed by atoms with Gasteiger partial charge in [-0.2, -0.15) is 27.1 Å². The number of nitrogens with zero attached hydrogens (tertiary/aromatic N) is 4. The normalized spacial score (nSPS) is 19.7. The van der Waals surface area contributed by atoms with Gasteiger partial charge in [0.15, 0.2) is 15.7 Å². The highest BCUT2D eigenvalue weighted by molar-refractivity contribution is 9.10. The number of carbonyl (C=O) groups is 1. The van der Waals surface area contributed by atoms with Gasteiger partial charge >= 0.3 is 6.18 Å². The number of halogens is 8. The van der Waals surface area contributed by atoms with Gasteiger partial charge in [-0.05, 0) is 64.7 Å². The standard InChI is InChI=1S/C25H17BrF7N5OS2/c1-40-23-36-22-16(41-23)7-14(26)19(35-22)15(4-9-2-10(27)5-11(28)3-9)34-17(39)8-38-21-18(20(37-38)25(31,32)33)12-6-13(12)24(21,29)30/h2-3,5,7,12-13,15H,4,6,8H2,1H3,(H,34,39)/t12-,13?,15?/m0/s1. The van der Waals surface area contributed by atoms with Crippen LogP contribution in [-0.2, 0) is 29.9 Å². The molecule has 6 nitrogen and oxygen atoms in total. The summed E-state index contributed by atoms with van der Waals surface area (Å²) >= 11 is 6.18. The molecule has 2 aliphatic carbocycles. The van der Waals surface area contributed by atoms with Crippen LogP contribution in [0.15, 0.2) is 33.1 Å². The highest BCUT2D eigenvalue weighted by Gasteiger charge is 2.68. The van der Waals surface area contributed by atoms with Crippen LogP contribution in [0, 0.1) is 17.6 Å². The molecule has 0 radical (unpaired) electrons. The second-order valence-electron chi connectivity index (χ2n) is 9.80. The minimum absolute atomic E-state index is 0.0791. The Hall–Kier alpha value is -2.72. The van der Waals surface area contributed by atoms with E-state index in [4.69, 9.17) is 0 Å². The van der Waals surface area contributed by atoms with E-state index in [9.17, 15) is 35.5 Å². The molecule has 0 spiro atoms. The first kappa shape index (κ1) is 28.4. The third-order valence-corrected chi connectivity index (χ3v) is 9.65. The van der Waals surface area contributed by atoms with E-state index in [1.807, 2.05) is 6.26 Å². The fraction of sp³-hybridized carbons (Fsp3) is 0.360. The minimum Gasteiger partial charge on any atom is -0.346 e. The fourth-order valence-corrected chi connectivity index (χ4v) is 7.52. The number of fused-ring (bicyclic) bond motifs is 4. The van der Waals surface area contributed by atoms with Crippen LogP contribution in [-0.4, -0.2) is 31.9 Å². The molecule has 3 atom stereocenters. The molecule has 3 heterocycles. The molecule has 1 fully saturated rings. The molecular formula is C25H17BrF7N5OS2. The molecule has 0 aliphatic heterocycles. The predicted octanol–water partition coefficient (Wildman–Crippen LogP) is 6.98. The van der Waals surface area contributed by atoms with Crippen LogP contribution in [0.4, 0.5) is 30.7 Å². The SMILES string of the molecule is CSc1nc2nc(C(Cc3cc(F)cc(F)c3)NC(=O)Cn3nc(C(F)(F)F)c4c3C(F)(F)C3C[C@H]43)c(Br)cc2s1. The zero-order valence-corrected chi connectivity index (χ0v) is 23.9.